The summed E-state index contributed by atoms with van der Waals surface area (Å²) in [7, 11) is 0. The summed E-state index contributed by atoms with van der Waals surface area (Å²) in [6, 6.07) is 10.1. The van der Waals surface area contributed by atoms with Crippen molar-refractivity contribution in [2.75, 3.05) is 13.2 Å². The number of benzene rings is 1. The third kappa shape index (κ3) is 3.71. The Hall–Kier alpha value is -0.170. The average Bonchev–Trinajstić information content (AvgIpc) is 2.66. The molecule has 4 heteroatoms. The summed E-state index contributed by atoms with van der Waals surface area (Å²) in [6.45, 7) is 1.75. The third-order valence-electron chi connectivity index (χ3n) is 2.08. The standard InChI is InChI=1S/C11H13IO3/c12-10-7-14-11(15-10)8-13-6-9-4-2-1-3-5-9/h1-5,10-11H,6-8H2/t10-,11+/m0/s1. The molecule has 2 atom stereocenters. The summed E-state index contributed by atoms with van der Waals surface area (Å²) in [5.41, 5.74) is 1.17. The van der Waals surface area contributed by atoms with Crippen LogP contribution in [0.2, 0.25) is 0 Å². The van der Waals surface area contributed by atoms with E-state index in [-0.39, 0.29) is 10.4 Å². The third-order valence-corrected chi connectivity index (χ3v) is 2.73. The van der Waals surface area contributed by atoms with Gasteiger partial charge in [-0.25, -0.2) is 0 Å². The van der Waals surface area contributed by atoms with E-state index in [9.17, 15) is 0 Å². The molecular formula is C11H13IO3. The second kappa shape index (κ2) is 5.79. The molecule has 1 aliphatic rings. The van der Waals surface area contributed by atoms with E-state index in [2.05, 4.69) is 22.6 Å². The van der Waals surface area contributed by atoms with Gasteiger partial charge in [0.2, 0.25) is 0 Å². The van der Waals surface area contributed by atoms with Gasteiger partial charge in [-0.2, -0.15) is 0 Å². The van der Waals surface area contributed by atoms with E-state index in [0.29, 0.717) is 19.8 Å². The van der Waals surface area contributed by atoms with E-state index < -0.39 is 0 Å². The van der Waals surface area contributed by atoms with E-state index in [0.717, 1.165) is 0 Å². The summed E-state index contributed by atoms with van der Waals surface area (Å²) < 4.78 is 16.4. The van der Waals surface area contributed by atoms with Gasteiger partial charge in [0.15, 0.2) is 6.29 Å². The first kappa shape index (κ1) is 11.3. The maximum absolute atomic E-state index is 5.50. The summed E-state index contributed by atoms with van der Waals surface area (Å²) in [5.74, 6) is 0. The second-order valence-corrected chi connectivity index (χ2v) is 4.70. The maximum atomic E-state index is 5.50. The van der Waals surface area contributed by atoms with Crippen LogP contribution in [0, 0.1) is 0 Å². The first-order chi connectivity index (χ1) is 7.34. The molecule has 1 aliphatic heterocycles. The molecule has 15 heavy (non-hydrogen) atoms. The number of halogens is 1. The van der Waals surface area contributed by atoms with Gasteiger partial charge in [-0.1, -0.05) is 30.3 Å². The van der Waals surface area contributed by atoms with Crippen molar-refractivity contribution in [1.82, 2.24) is 0 Å². The van der Waals surface area contributed by atoms with Gasteiger partial charge in [0.1, 0.15) is 4.11 Å². The Bertz CT molecular complexity index is 291. The van der Waals surface area contributed by atoms with Crippen LogP contribution in [-0.4, -0.2) is 23.6 Å². The molecule has 2 rings (SSSR count). The highest BCUT2D eigenvalue weighted by Gasteiger charge is 2.23. The Morgan fingerprint density at radius 2 is 2.13 bits per heavy atom. The smallest absolute Gasteiger partial charge is 0.182 e. The molecule has 0 aromatic heterocycles. The highest BCUT2D eigenvalue weighted by molar-refractivity contribution is 14.1. The fourth-order valence-electron chi connectivity index (χ4n) is 1.36. The molecule has 1 aromatic carbocycles. The second-order valence-electron chi connectivity index (χ2n) is 3.31. The first-order valence-electron chi connectivity index (χ1n) is 4.87. The highest BCUT2D eigenvalue weighted by atomic mass is 127. The molecule has 1 fully saturated rings. The zero-order valence-electron chi connectivity index (χ0n) is 8.27. The molecule has 0 bridgehead atoms. The lowest BCUT2D eigenvalue weighted by molar-refractivity contribution is -0.0990. The quantitative estimate of drug-likeness (QED) is 0.630. The maximum Gasteiger partial charge on any atom is 0.182 e. The van der Waals surface area contributed by atoms with E-state index >= 15 is 0 Å². The molecule has 0 N–H and O–H groups in total. The normalized spacial score (nSPS) is 25.7. The largest absolute Gasteiger partial charge is 0.371 e. The molecule has 0 amide bonds. The lowest BCUT2D eigenvalue weighted by Gasteiger charge is -2.09. The van der Waals surface area contributed by atoms with E-state index in [1.807, 2.05) is 30.3 Å². The average molecular weight is 320 g/mol. The van der Waals surface area contributed by atoms with Crippen LogP contribution in [0.15, 0.2) is 30.3 Å². The molecule has 0 spiro atoms. The minimum Gasteiger partial charge on any atom is -0.371 e. The van der Waals surface area contributed by atoms with Crippen LogP contribution in [-0.2, 0) is 20.8 Å². The van der Waals surface area contributed by atoms with Crippen molar-refractivity contribution in [3.63, 3.8) is 0 Å². The monoisotopic (exact) mass is 320 g/mol. The fourth-order valence-corrected chi connectivity index (χ4v) is 1.90. The number of rotatable bonds is 4. The SMILES string of the molecule is I[C@@H]1CO[C@@H](COCc2ccccc2)O1. The molecule has 3 nitrogen and oxygen atoms in total. The van der Waals surface area contributed by atoms with Gasteiger partial charge in [-0.05, 0) is 28.2 Å². The minimum atomic E-state index is -0.199. The van der Waals surface area contributed by atoms with Crippen molar-refractivity contribution in [3.8, 4) is 0 Å². The molecule has 0 unspecified atom stereocenters. The van der Waals surface area contributed by atoms with Gasteiger partial charge in [0.25, 0.3) is 0 Å². The van der Waals surface area contributed by atoms with E-state index in [1.54, 1.807) is 0 Å². The lowest BCUT2D eigenvalue weighted by Crippen LogP contribution is -2.16. The Balaban J connectivity index is 1.67. The zero-order chi connectivity index (χ0) is 10.5. The molecular weight excluding hydrogens is 307 g/mol. The Kier molecular flexibility index (Phi) is 4.37. The van der Waals surface area contributed by atoms with Crippen molar-refractivity contribution in [1.29, 1.82) is 0 Å². The van der Waals surface area contributed by atoms with Crippen LogP contribution < -0.4 is 0 Å². The first-order valence-corrected chi connectivity index (χ1v) is 6.12. The molecule has 1 saturated heterocycles. The summed E-state index contributed by atoms with van der Waals surface area (Å²) in [5, 5.41) is 0. The van der Waals surface area contributed by atoms with Gasteiger partial charge in [-0.3, -0.25) is 0 Å². The minimum absolute atomic E-state index is 0.160. The van der Waals surface area contributed by atoms with Crippen LogP contribution in [0.1, 0.15) is 5.56 Å². The Morgan fingerprint density at radius 3 is 2.80 bits per heavy atom. The van der Waals surface area contributed by atoms with Crippen LogP contribution in [0.3, 0.4) is 0 Å². The van der Waals surface area contributed by atoms with Crippen molar-refractivity contribution < 1.29 is 14.2 Å². The van der Waals surface area contributed by atoms with Gasteiger partial charge < -0.3 is 14.2 Å². The van der Waals surface area contributed by atoms with Crippen molar-refractivity contribution in [2.24, 2.45) is 0 Å². The van der Waals surface area contributed by atoms with Gasteiger partial charge in [0.05, 0.1) is 19.8 Å². The fraction of sp³-hybridized carbons (Fsp3) is 0.455. The van der Waals surface area contributed by atoms with Gasteiger partial charge in [-0.15, -0.1) is 0 Å². The molecule has 0 aliphatic carbocycles. The van der Waals surface area contributed by atoms with Crippen molar-refractivity contribution in [3.05, 3.63) is 35.9 Å². The highest BCUT2D eigenvalue weighted by Crippen LogP contribution is 2.17. The van der Waals surface area contributed by atoms with Crippen molar-refractivity contribution in [2.45, 2.75) is 17.0 Å². The molecule has 0 radical (unpaired) electrons. The van der Waals surface area contributed by atoms with E-state index in [1.165, 1.54) is 5.56 Å². The van der Waals surface area contributed by atoms with Crippen molar-refractivity contribution >= 4 is 22.6 Å². The summed E-state index contributed by atoms with van der Waals surface area (Å²) in [6.07, 6.45) is -0.199. The topological polar surface area (TPSA) is 27.7 Å². The van der Waals surface area contributed by atoms with Crippen LogP contribution in [0.25, 0.3) is 0 Å². The Morgan fingerprint density at radius 1 is 1.33 bits per heavy atom. The molecule has 1 aromatic rings. The number of hydrogen-bond acceptors (Lipinski definition) is 3. The predicted octanol–water partition coefficient (Wildman–Crippen LogP) is 2.34. The summed E-state index contributed by atoms with van der Waals surface area (Å²) >= 11 is 2.21. The number of ether oxygens (including phenoxy) is 3. The summed E-state index contributed by atoms with van der Waals surface area (Å²) in [4.78, 5) is 0. The number of hydrogen-bond donors (Lipinski definition) is 0. The molecule has 1 heterocycles. The lowest BCUT2D eigenvalue weighted by atomic mass is 10.2. The van der Waals surface area contributed by atoms with E-state index in [4.69, 9.17) is 14.2 Å². The van der Waals surface area contributed by atoms with Crippen LogP contribution in [0.5, 0.6) is 0 Å². The molecule has 0 saturated carbocycles. The molecule has 82 valence electrons. The number of alkyl halides is 1. The van der Waals surface area contributed by atoms with Gasteiger partial charge in [0, 0.05) is 0 Å². The van der Waals surface area contributed by atoms with Crippen LogP contribution >= 0.6 is 22.6 Å². The van der Waals surface area contributed by atoms with Gasteiger partial charge >= 0.3 is 0 Å². The Labute approximate surface area is 103 Å². The predicted molar refractivity (Wildman–Crippen MR) is 64.7 cm³/mol. The zero-order valence-corrected chi connectivity index (χ0v) is 10.4. The van der Waals surface area contributed by atoms with Crippen LogP contribution in [0.4, 0.5) is 0 Å².